The Labute approximate surface area is 97.3 Å². The van der Waals surface area contributed by atoms with E-state index in [1.807, 2.05) is 17.7 Å². The Hall–Kier alpha value is -1.40. The van der Waals surface area contributed by atoms with Crippen molar-refractivity contribution < 1.29 is 14.7 Å². The lowest BCUT2D eigenvalue weighted by molar-refractivity contribution is -0.139. The normalized spacial score (nSPS) is 12.1. The molecule has 1 aromatic rings. The molecule has 1 aromatic heterocycles. The minimum absolute atomic E-state index is 0.353. The Morgan fingerprint density at radius 3 is 2.75 bits per heavy atom. The zero-order valence-corrected chi connectivity index (χ0v) is 9.71. The molecular formula is C10H14N2O3S. The molecule has 0 saturated carbocycles. The molecule has 6 heteroatoms. The fourth-order valence-corrected chi connectivity index (χ4v) is 2.02. The number of nitrogens with one attached hydrogen (secondary N) is 1. The second-order valence-corrected chi connectivity index (χ2v) is 4.25. The molecule has 1 rings (SSSR count). The van der Waals surface area contributed by atoms with Gasteiger partial charge in [0.1, 0.15) is 0 Å². The van der Waals surface area contributed by atoms with Crippen LogP contribution in [-0.4, -0.2) is 23.0 Å². The van der Waals surface area contributed by atoms with Crippen LogP contribution in [0, 0.1) is 6.92 Å². The maximum Gasteiger partial charge on any atom is 0.305 e. The third kappa shape index (κ3) is 3.63. The second-order valence-electron chi connectivity index (χ2n) is 3.50. The van der Waals surface area contributed by atoms with Gasteiger partial charge in [-0.3, -0.25) is 9.59 Å². The lowest BCUT2D eigenvalue weighted by Crippen LogP contribution is -2.41. The molecule has 4 N–H and O–H groups in total. The molecule has 0 aliphatic rings. The Bertz CT molecular complexity index is 389. The van der Waals surface area contributed by atoms with Crippen LogP contribution in [0.4, 0.5) is 0 Å². The molecule has 1 heterocycles. The molecule has 0 fully saturated rings. The summed E-state index contributed by atoms with van der Waals surface area (Å²) in [7, 11) is 0. The summed E-state index contributed by atoms with van der Waals surface area (Å²) in [6.45, 7) is 2.34. The molecule has 1 unspecified atom stereocenters. The highest BCUT2D eigenvalue weighted by molar-refractivity contribution is 7.08. The van der Waals surface area contributed by atoms with Crippen LogP contribution in [0.5, 0.6) is 0 Å². The highest BCUT2D eigenvalue weighted by Crippen LogP contribution is 2.12. The first-order valence-corrected chi connectivity index (χ1v) is 5.71. The van der Waals surface area contributed by atoms with Crippen molar-refractivity contribution in [2.24, 2.45) is 5.73 Å². The zero-order valence-electron chi connectivity index (χ0n) is 8.90. The molecule has 1 amide bonds. The number of carboxylic acids is 1. The number of carbonyl (C=O) groups is 2. The van der Waals surface area contributed by atoms with Crippen LogP contribution in [0.25, 0.3) is 0 Å². The van der Waals surface area contributed by atoms with Crippen molar-refractivity contribution in [3.05, 3.63) is 21.9 Å². The first kappa shape index (κ1) is 12.7. The zero-order chi connectivity index (χ0) is 12.1. The summed E-state index contributed by atoms with van der Waals surface area (Å²) in [4.78, 5) is 21.7. The molecule has 16 heavy (non-hydrogen) atoms. The van der Waals surface area contributed by atoms with Gasteiger partial charge in [-0.15, -0.1) is 0 Å². The number of rotatable bonds is 5. The summed E-state index contributed by atoms with van der Waals surface area (Å²) in [6.07, 6.45) is -0.353. The van der Waals surface area contributed by atoms with Gasteiger partial charge in [0, 0.05) is 6.54 Å². The Kier molecular flexibility index (Phi) is 4.45. The predicted molar refractivity (Wildman–Crippen MR) is 61.1 cm³/mol. The number of aliphatic carboxylic acids is 1. The van der Waals surface area contributed by atoms with Crippen LogP contribution in [0.3, 0.4) is 0 Å². The smallest absolute Gasteiger partial charge is 0.305 e. The van der Waals surface area contributed by atoms with E-state index in [0.29, 0.717) is 6.54 Å². The molecule has 0 aliphatic heterocycles. The van der Waals surface area contributed by atoms with Crippen molar-refractivity contribution in [3.63, 3.8) is 0 Å². The maximum atomic E-state index is 11.4. The van der Waals surface area contributed by atoms with E-state index in [1.165, 1.54) is 0 Å². The summed E-state index contributed by atoms with van der Waals surface area (Å²) in [6, 6.07) is -0.989. The molecule has 0 spiro atoms. The van der Waals surface area contributed by atoms with E-state index in [2.05, 4.69) is 5.32 Å². The number of thiophene rings is 1. The van der Waals surface area contributed by atoms with Crippen molar-refractivity contribution in [1.82, 2.24) is 5.32 Å². The van der Waals surface area contributed by atoms with Crippen LogP contribution in [-0.2, 0) is 16.1 Å². The molecule has 0 aliphatic carbocycles. The fourth-order valence-electron chi connectivity index (χ4n) is 1.16. The average molecular weight is 242 g/mol. The van der Waals surface area contributed by atoms with E-state index in [4.69, 9.17) is 10.8 Å². The molecule has 5 nitrogen and oxygen atoms in total. The minimum atomic E-state index is -1.07. The summed E-state index contributed by atoms with van der Waals surface area (Å²) in [5, 5.41) is 15.0. The third-order valence-corrected chi connectivity index (χ3v) is 3.06. The van der Waals surface area contributed by atoms with E-state index in [0.717, 1.165) is 11.1 Å². The first-order valence-electron chi connectivity index (χ1n) is 4.77. The van der Waals surface area contributed by atoms with Gasteiger partial charge in [-0.25, -0.2) is 0 Å². The SMILES string of the molecule is Cc1cscc1CNC(=O)C(N)CC(=O)O. The monoisotopic (exact) mass is 242 g/mol. The van der Waals surface area contributed by atoms with E-state index < -0.39 is 17.9 Å². The van der Waals surface area contributed by atoms with Crippen LogP contribution in [0.1, 0.15) is 17.5 Å². The highest BCUT2D eigenvalue weighted by Gasteiger charge is 2.16. The summed E-state index contributed by atoms with van der Waals surface area (Å²) >= 11 is 1.56. The lowest BCUT2D eigenvalue weighted by Gasteiger charge is -2.09. The molecule has 0 saturated heterocycles. The standard InChI is InChI=1S/C10H14N2O3S/c1-6-4-16-5-7(6)3-12-10(15)8(11)2-9(13)14/h4-5,8H,2-3,11H2,1H3,(H,12,15)(H,13,14). The van der Waals surface area contributed by atoms with Gasteiger partial charge in [0.05, 0.1) is 12.5 Å². The predicted octanol–water partition coefficient (Wildman–Crippen LogP) is 0.475. The Balaban J connectivity index is 2.41. The topological polar surface area (TPSA) is 92.4 Å². The summed E-state index contributed by atoms with van der Waals surface area (Å²) in [5.41, 5.74) is 7.54. The molecule has 0 bridgehead atoms. The number of hydrogen-bond donors (Lipinski definition) is 3. The van der Waals surface area contributed by atoms with Gasteiger partial charge in [0.25, 0.3) is 0 Å². The molecule has 0 aromatic carbocycles. The largest absolute Gasteiger partial charge is 0.481 e. The van der Waals surface area contributed by atoms with E-state index in [9.17, 15) is 9.59 Å². The number of amides is 1. The number of carboxylic acid groups (broad SMARTS) is 1. The molecule has 88 valence electrons. The third-order valence-electron chi connectivity index (χ3n) is 2.15. The number of nitrogens with two attached hydrogens (primary N) is 1. The Morgan fingerprint density at radius 1 is 1.56 bits per heavy atom. The molecule has 0 radical (unpaired) electrons. The van der Waals surface area contributed by atoms with Gasteiger partial charge in [-0.1, -0.05) is 0 Å². The van der Waals surface area contributed by atoms with Gasteiger partial charge < -0.3 is 16.2 Å². The van der Waals surface area contributed by atoms with Crippen LogP contribution < -0.4 is 11.1 Å². The van der Waals surface area contributed by atoms with Gasteiger partial charge in [-0.2, -0.15) is 11.3 Å². The van der Waals surface area contributed by atoms with Gasteiger partial charge in [-0.05, 0) is 28.8 Å². The number of aryl methyl sites for hydroxylation is 1. The average Bonchev–Trinajstić information content (AvgIpc) is 2.59. The van der Waals surface area contributed by atoms with E-state index in [-0.39, 0.29) is 6.42 Å². The van der Waals surface area contributed by atoms with Crippen molar-refractivity contribution in [2.45, 2.75) is 25.9 Å². The minimum Gasteiger partial charge on any atom is -0.481 e. The van der Waals surface area contributed by atoms with Gasteiger partial charge >= 0.3 is 5.97 Å². The van der Waals surface area contributed by atoms with Gasteiger partial charge in [0.15, 0.2) is 0 Å². The van der Waals surface area contributed by atoms with Crippen LogP contribution in [0.2, 0.25) is 0 Å². The van der Waals surface area contributed by atoms with Crippen molar-refractivity contribution >= 4 is 23.2 Å². The lowest BCUT2D eigenvalue weighted by atomic mass is 10.2. The van der Waals surface area contributed by atoms with Gasteiger partial charge in [0.2, 0.25) is 5.91 Å². The number of carbonyl (C=O) groups excluding carboxylic acids is 1. The van der Waals surface area contributed by atoms with E-state index in [1.54, 1.807) is 11.3 Å². The number of hydrogen-bond acceptors (Lipinski definition) is 4. The van der Waals surface area contributed by atoms with Crippen molar-refractivity contribution in [1.29, 1.82) is 0 Å². The van der Waals surface area contributed by atoms with Crippen LogP contribution in [0.15, 0.2) is 10.8 Å². The fraction of sp³-hybridized carbons (Fsp3) is 0.400. The van der Waals surface area contributed by atoms with Crippen molar-refractivity contribution in [3.8, 4) is 0 Å². The first-order chi connectivity index (χ1) is 7.50. The quantitative estimate of drug-likeness (QED) is 0.700. The summed E-state index contributed by atoms with van der Waals surface area (Å²) in [5.74, 6) is -1.51. The van der Waals surface area contributed by atoms with Crippen molar-refractivity contribution in [2.75, 3.05) is 0 Å². The maximum absolute atomic E-state index is 11.4. The van der Waals surface area contributed by atoms with Crippen LogP contribution >= 0.6 is 11.3 Å². The highest BCUT2D eigenvalue weighted by atomic mass is 32.1. The van der Waals surface area contributed by atoms with E-state index >= 15 is 0 Å². The molecular weight excluding hydrogens is 228 g/mol. The Morgan fingerprint density at radius 2 is 2.25 bits per heavy atom. The molecule has 1 atom stereocenters. The second kappa shape index (κ2) is 5.62. The summed E-state index contributed by atoms with van der Waals surface area (Å²) < 4.78 is 0.